The van der Waals surface area contributed by atoms with E-state index in [1.807, 2.05) is 37.3 Å². The van der Waals surface area contributed by atoms with Crippen LogP contribution in [0, 0.1) is 0 Å². The Balaban J connectivity index is 2.21. The fraction of sp³-hybridized carbons (Fsp3) is 0.467. The molecule has 110 valence electrons. The summed E-state index contributed by atoms with van der Waals surface area (Å²) >= 11 is 1.70. The minimum atomic E-state index is -0.959. The molecule has 0 aromatic heterocycles. The Kier molecular flexibility index (Phi) is 7.80. The highest BCUT2D eigenvalue weighted by molar-refractivity contribution is 7.99. The number of carbonyl (C=O) groups is 2. The van der Waals surface area contributed by atoms with Gasteiger partial charge in [-0.1, -0.05) is 31.5 Å². The third kappa shape index (κ3) is 6.61. The van der Waals surface area contributed by atoms with Gasteiger partial charge in [-0.3, -0.25) is 4.79 Å². The fourth-order valence-electron chi connectivity index (χ4n) is 1.75. The van der Waals surface area contributed by atoms with Crippen LogP contribution in [0.2, 0.25) is 0 Å². The van der Waals surface area contributed by atoms with Gasteiger partial charge in [0.1, 0.15) is 6.04 Å². The van der Waals surface area contributed by atoms with Crippen LogP contribution < -0.4 is 5.32 Å². The zero-order valence-corrected chi connectivity index (χ0v) is 12.5. The lowest BCUT2D eigenvalue weighted by Gasteiger charge is -2.13. The van der Waals surface area contributed by atoms with Crippen LogP contribution in [0.25, 0.3) is 0 Å². The van der Waals surface area contributed by atoms with Crippen LogP contribution in [0.4, 0.5) is 0 Å². The van der Waals surface area contributed by atoms with Crippen molar-refractivity contribution in [1.29, 1.82) is 0 Å². The van der Waals surface area contributed by atoms with Gasteiger partial charge in [-0.25, -0.2) is 4.79 Å². The molecule has 0 unspecified atom stereocenters. The van der Waals surface area contributed by atoms with E-state index in [9.17, 15) is 9.59 Å². The zero-order chi connectivity index (χ0) is 14.8. The number of hydrogen-bond donors (Lipinski definition) is 2. The molecule has 0 fully saturated rings. The van der Waals surface area contributed by atoms with Crippen LogP contribution in [0.5, 0.6) is 0 Å². The lowest BCUT2D eigenvalue weighted by Crippen LogP contribution is -2.40. The molecule has 0 saturated heterocycles. The van der Waals surface area contributed by atoms with Gasteiger partial charge in [0, 0.05) is 11.3 Å². The quantitative estimate of drug-likeness (QED) is 0.543. The Labute approximate surface area is 124 Å². The van der Waals surface area contributed by atoms with Gasteiger partial charge in [0.25, 0.3) is 0 Å². The number of carbonyl (C=O) groups excluding carboxylic acids is 1. The standard InChI is InChI=1S/C15H21NO3S/c1-2-7-13(15(18)19)16-14(17)10-6-11-20-12-8-4-3-5-9-12/h3-5,8-9,13H,2,6-7,10-11H2,1H3,(H,16,17)(H,18,19)/t13-/m0/s1. The number of carboxylic acids is 1. The SMILES string of the molecule is CCC[C@H](NC(=O)CCCSc1ccccc1)C(=O)O. The molecule has 0 aliphatic heterocycles. The number of benzene rings is 1. The van der Waals surface area contributed by atoms with E-state index < -0.39 is 12.0 Å². The summed E-state index contributed by atoms with van der Waals surface area (Å²) in [5.74, 6) is -0.290. The average Bonchev–Trinajstić information content (AvgIpc) is 2.44. The van der Waals surface area contributed by atoms with Gasteiger partial charge in [-0.05, 0) is 30.7 Å². The minimum absolute atomic E-state index is 0.181. The maximum Gasteiger partial charge on any atom is 0.326 e. The molecule has 1 aromatic rings. The van der Waals surface area contributed by atoms with E-state index >= 15 is 0 Å². The number of nitrogens with one attached hydrogen (secondary N) is 1. The number of thioether (sulfide) groups is 1. The van der Waals surface area contributed by atoms with E-state index in [2.05, 4.69) is 5.32 Å². The highest BCUT2D eigenvalue weighted by atomic mass is 32.2. The van der Waals surface area contributed by atoms with Gasteiger partial charge >= 0.3 is 5.97 Å². The highest BCUT2D eigenvalue weighted by Crippen LogP contribution is 2.18. The van der Waals surface area contributed by atoms with Crippen molar-refractivity contribution in [3.8, 4) is 0 Å². The Morgan fingerprint density at radius 2 is 2.00 bits per heavy atom. The lowest BCUT2D eigenvalue weighted by molar-refractivity contribution is -0.142. The van der Waals surface area contributed by atoms with E-state index in [0.717, 1.165) is 18.6 Å². The molecule has 0 heterocycles. The topological polar surface area (TPSA) is 66.4 Å². The molecule has 0 spiro atoms. The second kappa shape index (κ2) is 9.42. The van der Waals surface area contributed by atoms with Crippen LogP contribution in [-0.2, 0) is 9.59 Å². The average molecular weight is 295 g/mol. The van der Waals surface area contributed by atoms with Crippen molar-refractivity contribution in [3.05, 3.63) is 30.3 Å². The van der Waals surface area contributed by atoms with E-state index in [0.29, 0.717) is 12.8 Å². The van der Waals surface area contributed by atoms with Crippen molar-refractivity contribution in [2.75, 3.05) is 5.75 Å². The third-order valence-electron chi connectivity index (χ3n) is 2.77. The fourth-order valence-corrected chi connectivity index (χ4v) is 2.63. The summed E-state index contributed by atoms with van der Waals surface area (Å²) in [5.41, 5.74) is 0. The summed E-state index contributed by atoms with van der Waals surface area (Å²) in [5, 5.41) is 11.5. The summed E-state index contributed by atoms with van der Waals surface area (Å²) in [7, 11) is 0. The Morgan fingerprint density at radius 1 is 1.30 bits per heavy atom. The van der Waals surface area contributed by atoms with Crippen molar-refractivity contribution >= 4 is 23.6 Å². The molecule has 5 heteroatoms. The van der Waals surface area contributed by atoms with Gasteiger partial charge < -0.3 is 10.4 Å². The maximum atomic E-state index is 11.7. The number of rotatable bonds is 9. The van der Waals surface area contributed by atoms with Gasteiger partial charge in [-0.2, -0.15) is 0 Å². The summed E-state index contributed by atoms with van der Waals surface area (Å²) in [4.78, 5) is 23.8. The van der Waals surface area contributed by atoms with Crippen molar-refractivity contribution < 1.29 is 14.7 Å². The van der Waals surface area contributed by atoms with Gasteiger partial charge in [0.05, 0.1) is 0 Å². The normalized spacial score (nSPS) is 11.8. The van der Waals surface area contributed by atoms with Crippen LogP contribution in [0.1, 0.15) is 32.6 Å². The van der Waals surface area contributed by atoms with E-state index in [-0.39, 0.29) is 5.91 Å². The first-order chi connectivity index (χ1) is 9.63. The van der Waals surface area contributed by atoms with Crippen LogP contribution >= 0.6 is 11.8 Å². The molecule has 0 aliphatic carbocycles. The zero-order valence-electron chi connectivity index (χ0n) is 11.7. The molecule has 0 radical (unpaired) electrons. The molecule has 4 nitrogen and oxygen atoms in total. The first-order valence-electron chi connectivity index (χ1n) is 6.83. The van der Waals surface area contributed by atoms with Gasteiger partial charge in [0.15, 0.2) is 0 Å². The number of amides is 1. The molecular formula is C15H21NO3S. The van der Waals surface area contributed by atoms with Crippen molar-refractivity contribution in [2.45, 2.75) is 43.5 Å². The number of hydrogen-bond acceptors (Lipinski definition) is 3. The molecule has 0 aliphatic rings. The molecule has 20 heavy (non-hydrogen) atoms. The Morgan fingerprint density at radius 3 is 2.60 bits per heavy atom. The molecule has 1 aromatic carbocycles. The molecule has 1 rings (SSSR count). The maximum absolute atomic E-state index is 11.7. The van der Waals surface area contributed by atoms with Crippen LogP contribution in [0.3, 0.4) is 0 Å². The van der Waals surface area contributed by atoms with Crippen molar-refractivity contribution in [3.63, 3.8) is 0 Å². The van der Waals surface area contributed by atoms with E-state index in [4.69, 9.17) is 5.11 Å². The molecule has 0 bridgehead atoms. The molecular weight excluding hydrogens is 274 g/mol. The molecule has 0 saturated carbocycles. The first-order valence-corrected chi connectivity index (χ1v) is 7.82. The summed E-state index contributed by atoms with van der Waals surface area (Å²) in [6.07, 6.45) is 2.32. The monoisotopic (exact) mass is 295 g/mol. The number of carboxylic acid groups (broad SMARTS) is 1. The largest absolute Gasteiger partial charge is 0.480 e. The predicted octanol–water partition coefficient (Wildman–Crippen LogP) is 2.93. The summed E-state index contributed by atoms with van der Waals surface area (Å²) < 4.78 is 0. The first kappa shape index (κ1) is 16.6. The van der Waals surface area contributed by atoms with Gasteiger partial charge in [0.2, 0.25) is 5.91 Å². The Hall–Kier alpha value is -1.49. The smallest absolute Gasteiger partial charge is 0.326 e. The third-order valence-corrected chi connectivity index (χ3v) is 3.87. The Bertz CT molecular complexity index is 422. The second-order valence-electron chi connectivity index (χ2n) is 4.51. The van der Waals surface area contributed by atoms with Gasteiger partial charge in [-0.15, -0.1) is 11.8 Å². The lowest BCUT2D eigenvalue weighted by atomic mass is 10.1. The van der Waals surface area contributed by atoms with Crippen molar-refractivity contribution in [1.82, 2.24) is 5.32 Å². The summed E-state index contributed by atoms with van der Waals surface area (Å²) in [6.45, 7) is 1.90. The summed E-state index contributed by atoms with van der Waals surface area (Å²) in [6, 6.07) is 9.25. The van der Waals surface area contributed by atoms with E-state index in [1.54, 1.807) is 11.8 Å². The molecule has 2 N–H and O–H groups in total. The predicted molar refractivity (Wildman–Crippen MR) is 80.9 cm³/mol. The molecule has 1 amide bonds. The highest BCUT2D eigenvalue weighted by Gasteiger charge is 2.18. The number of aliphatic carboxylic acids is 1. The van der Waals surface area contributed by atoms with Crippen LogP contribution in [-0.4, -0.2) is 28.8 Å². The van der Waals surface area contributed by atoms with Crippen LogP contribution in [0.15, 0.2) is 35.2 Å². The van der Waals surface area contributed by atoms with Crippen molar-refractivity contribution in [2.24, 2.45) is 0 Å². The molecule has 1 atom stereocenters. The van der Waals surface area contributed by atoms with E-state index in [1.165, 1.54) is 4.90 Å². The second-order valence-corrected chi connectivity index (χ2v) is 5.68. The minimum Gasteiger partial charge on any atom is -0.480 e.